The minimum absolute atomic E-state index is 0.824. The second-order valence-corrected chi connectivity index (χ2v) is 5.53. The van der Waals surface area contributed by atoms with Crippen LogP contribution in [0.4, 0.5) is 5.95 Å². The van der Waals surface area contributed by atoms with Gasteiger partial charge in [0.25, 0.3) is 0 Å². The maximum absolute atomic E-state index is 4.40. The van der Waals surface area contributed by atoms with Gasteiger partial charge in [0.15, 0.2) is 0 Å². The fourth-order valence-electron chi connectivity index (χ4n) is 2.23. The molecule has 4 heteroatoms. The van der Waals surface area contributed by atoms with Crippen molar-refractivity contribution in [3.8, 4) is 5.69 Å². The molecule has 1 aromatic carbocycles. The molecule has 20 heavy (non-hydrogen) atoms. The smallest absolute Gasteiger partial charge is 0.207 e. The largest absolute Gasteiger partial charge is 0.350 e. The zero-order valence-electron chi connectivity index (χ0n) is 11.4. The average molecular weight is 283 g/mol. The van der Waals surface area contributed by atoms with Gasteiger partial charge in [-0.25, -0.2) is 4.98 Å². The fraction of sp³-hybridized carbons (Fsp3) is 0.188. The lowest BCUT2D eigenvalue weighted by Gasteiger charge is -2.09. The number of hydrogen-bond donors (Lipinski definition) is 1. The molecular weight excluding hydrogens is 266 g/mol. The highest BCUT2D eigenvalue weighted by atomic mass is 32.1. The number of benzene rings is 1. The quantitative estimate of drug-likeness (QED) is 0.763. The first-order valence-corrected chi connectivity index (χ1v) is 7.64. The number of thiophene rings is 1. The van der Waals surface area contributed by atoms with E-state index in [-0.39, 0.29) is 0 Å². The van der Waals surface area contributed by atoms with Crippen LogP contribution >= 0.6 is 11.3 Å². The maximum atomic E-state index is 4.40. The lowest BCUT2D eigenvalue weighted by atomic mass is 10.2. The van der Waals surface area contributed by atoms with E-state index in [2.05, 4.69) is 45.4 Å². The summed E-state index contributed by atoms with van der Waals surface area (Å²) in [6.07, 6.45) is 4.88. The zero-order valence-corrected chi connectivity index (χ0v) is 12.2. The standard InChI is InChI=1S/C16H17N3S/c1-2-13-8-11-20-15(13)12-18-16-17-9-10-19(16)14-6-4-3-5-7-14/h3-11H,2,12H2,1H3,(H,17,18). The van der Waals surface area contributed by atoms with E-state index in [0.717, 1.165) is 24.6 Å². The van der Waals surface area contributed by atoms with Crippen LogP contribution in [0.3, 0.4) is 0 Å². The Morgan fingerprint density at radius 3 is 2.85 bits per heavy atom. The molecule has 0 spiro atoms. The number of rotatable bonds is 5. The molecule has 2 aromatic heterocycles. The number of aromatic nitrogens is 2. The van der Waals surface area contributed by atoms with Gasteiger partial charge >= 0.3 is 0 Å². The van der Waals surface area contributed by atoms with Crippen molar-refractivity contribution >= 4 is 17.3 Å². The summed E-state index contributed by atoms with van der Waals surface area (Å²) in [5.41, 5.74) is 2.54. The van der Waals surface area contributed by atoms with Crippen LogP contribution in [0.15, 0.2) is 54.2 Å². The number of aryl methyl sites for hydroxylation is 1. The Balaban J connectivity index is 1.78. The second-order valence-electron chi connectivity index (χ2n) is 4.53. The molecule has 0 unspecified atom stereocenters. The van der Waals surface area contributed by atoms with Crippen LogP contribution in [0.5, 0.6) is 0 Å². The number of imidazole rings is 1. The van der Waals surface area contributed by atoms with Gasteiger partial charge in [-0.2, -0.15) is 0 Å². The first-order valence-electron chi connectivity index (χ1n) is 6.76. The summed E-state index contributed by atoms with van der Waals surface area (Å²) in [6.45, 7) is 3.02. The summed E-state index contributed by atoms with van der Waals surface area (Å²) in [7, 11) is 0. The first-order chi connectivity index (χ1) is 9.88. The van der Waals surface area contributed by atoms with Crippen molar-refractivity contribution < 1.29 is 0 Å². The molecule has 0 bridgehead atoms. The number of nitrogens with one attached hydrogen (secondary N) is 1. The zero-order chi connectivity index (χ0) is 13.8. The van der Waals surface area contributed by atoms with Gasteiger partial charge in [0.05, 0.1) is 6.54 Å². The molecule has 3 aromatic rings. The lowest BCUT2D eigenvalue weighted by Crippen LogP contribution is -2.06. The number of nitrogens with zero attached hydrogens (tertiary/aromatic N) is 2. The molecule has 3 nitrogen and oxygen atoms in total. The number of hydrogen-bond acceptors (Lipinski definition) is 3. The van der Waals surface area contributed by atoms with Gasteiger partial charge in [-0.15, -0.1) is 11.3 Å². The van der Waals surface area contributed by atoms with Gasteiger partial charge < -0.3 is 5.32 Å². The van der Waals surface area contributed by atoms with Crippen LogP contribution in [0, 0.1) is 0 Å². The van der Waals surface area contributed by atoms with Gasteiger partial charge in [-0.3, -0.25) is 4.57 Å². The minimum atomic E-state index is 0.824. The molecule has 0 saturated carbocycles. The van der Waals surface area contributed by atoms with Gasteiger partial charge in [0, 0.05) is 23.0 Å². The molecule has 0 aliphatic carbocycles. The molecule has 0 aliphatic rings. The van der Waals surface area contributed by atoms with E-state index >= 15 is 0 Å². The van der Waals surface area contributed by atoms with E-state index in [1.807, 2.05) is 30.6 Å². The Hall–Kier alpha value is -2.07. The Bertz CT molecular complexity index is 670. The van der Waals surface area contributed by atoms with Gasteiger partial charge in [0.1, 0.15) is 0 Å². The summed E-state index contributed by atoms with van der Waals surface area (Å²) in [4.78, 5) is 5.79. The molecule has 0 fully saturated rings. The van der Waals surface area contributed by atoms with Gasteiger partial charge in [-0.05, 0) is 35.6 Å². The molecule has 0 atom stereocenters. The van der Waals surface area contributed by atoms with E-state index in [4.69, 9.17) is 0 Å². The Morgan fingerprint density at radius 2 is 2.05 bits per heavy atom. The predicted octanol–water partition coefficient (Wildman–Crippen LogP) is 4.11. The summed E-state index contributed by atoms with van der Waals surface area (Å²) in [6, 6.07) is 12.4. The van der Waals surface area contributed by atoms with Gasteiger partial charge in [-0.1, -0.05) is 25.1 Å². The van der Waals surface area contributed by atoms with Crippen LogP contribution in [-0.4, -0.2) is 9.55 Å². The van der Waals surface area contributed by atoms with Crippen LogP contribution in [0.25, 0.3) is 5.69 Å². The summed E-state index contributed by atoms with van der Waals surface area (Å²) in [5.74, 6) is 0.881. The van der Waals surface area contributed by atoms with E-state index in [1.54, 1.807) is 11.3 Å². The van der Waals surface area contributed by atoms with Crippen molar-refractivity contribution in [2.75, 3.05) is 5.32 Å². The summed E-state index contributed by atoms with van der Waals surface area (Å²) >= 11 is 1.80. The monoisotopic (exact) mass is 283 g/mol. The van der Waals surface area contributed by atoms with E-state index < -0.39 is 0 Å². The molecule has 0 amide bonds. The molecule has 2 heterocycles. The van der Waals surface area contributed by atoms with Crippen molar-refractivity contribution in [1.82, 2.24) is 9.55 Å². The Kier molecular flexibility index (Phi) is 3.83. The molecule has 0 radical (unpaired) electrons. The SMILES string of the molecule is CCc1ccsc1CNc1nccn1-c1ccccc1. The summed E-state index contributed by atoms with van der Waals surface area (Å²) in [5, 5.41) is 5.58. The van der Waals surface area contributed by atoms with Crippen molar-refractivity contribution in [3.05, 3.63) is 64.6 Å². The van der Waals surface area contributed by atoms with Crippen molar-refractivity contribution in [2.24, 2.45) is 0 Å². The van der Waals surface area contributed by atoms with Crippen molar-refractivity contribution in [3.63, 3.8) is 0 Å². The Labute approximate surface area is 122 Å². The summed E-state index contributed by atoms with van der Waals surface area (Å²) < 4.78 is 2.07. The highest BCUT2D eigenvalue weighted by molar-refractivity contribution is 7.10. The van der Waals surface area contributed by atoms with E-state index in [0.29, 0.717) is 0 Å². The first kappa shape index (κ1) is 12.9. The molecule has 3 rings (SSSR count). The normalized spacial score (nSPS) is 10.7. The van der Waals surface area contributed by atoms with Gasteiger partial charge in [0.2, 0.25) is 5.95 Å². The van der Waals surface area contributed by atoms with E-state index in [9.17, 15) is 0 Å². The molecule has 102 valence electrons. The minimum Gasteiger partial charge on any atom is -0.350 e. The predicted molar refractivity (Wildman–Crippen MR) is 84.6 cm³/mol. The van der Waals surface area contributed by atoms with Crippen LogP contribution in [0.2, 0.25) is 0 Å². The van der Waals surface area contributed by atoms with Crippen molar-refractivity contribution in [2.45, 2.75) is 19.9 Å². The average Bonchev–Trinajstić information content (AvgIpc) is 3.14. The molecule has 1 N–H and O–H groups in total. The molecular formula is C16H17N3S. The van der Waals surface area contributed by atoms with Crippen LogP contribution in [0.1, 0.15) is 17.4 Å². The van der Waals surface area contributed by atoms with E-state index in [1.165, 1.54) is 10.4 Å². The second kappa shape index (κ2) is 5.92. The highest BCUT2D eigenvalue weighted by Crippen LogP contribution is 2.20. The highest BCUT2D eigenvalue weighted by Gasteiger charge is 2.06. The number of para-hydroxylation sites is 1. The van der Waals surface area contributed by atoms with Crippen molar-refractivity contribution in [1.29, 1.82) is 0 Å². The topological polar surface area (TPSA) is 29.9 Å². The Morgan fingerprint density at radius 1 is 1.20 bits per heavy atom. The van der Waals surface area contributed by atoms with Crippen LogP contribution in [-0.2, 0) is 13.0 Å². The molecule has 0 aliphatic heterocycles. The third kappa shape index (κ3) is 2.60. The third-order valence-electron chi connectivity index (χ3n) is 3.30. The molecule has 0 saturated heterocycles. The van der Waals surface area contributed by atoms with Crippen LogP contribution < -0.4 is 5.32 Å². The maximum Gasteiger partial charge on any atom is 0.207 e. The third-order valence-corrected chi connectivity index (χ3v) is 4.26. The number of anilines is 1. The lowest BCUT2D eigenvalue weighted by molar-refractivity contribution is 0.999. The fourth-order valence-corrected chi connectivity index (χ4v) is 3.14.